The number of rotatable bonds is 1. The molecular weight excluding hydrogens is 295 g/mol. The third kappa shape index (κ3) is 2.27. The van der Waals surface area contributed by atoms with E-state index >= 15 is 0 Å². The molecule has 0 aliphatic carbocycles. The van der Waals surface area contributed by atoms with Crippen LogP contribution in [0.3, 0.4) is 0 Å². The summed E-state index contributed by atoms with van der Waals surface area (Å²) in [5, 5.41) is 10.3. The lowest BCUT2D eigenvalue weighted by molar-refractivity contribution is 0.109. The Bertz CT molecular complexity index is 705. The number of nitrogens with zero attached hydrogens (tertiary/aromatic N) is 2. The monoisotopic (exact) mass is 304 g/mol. The molecule has 20 heavy (non-hydrogen) atoms. The molecule has 0 bridgehead atoms. The quantitative estimate of drug-likeness (QED) is 0.748. The summed E-state index contributed by atoms with van der Waals surface area (Å²) in [7, 11) is 0. The minimum absolute atomic E-state index is 0.248. The number of halogens is 2. The molecule has 0 fully saturated rings. The molecule has 1 aliphatic heterocycles. The maximum atomic E-state index is 9.38. The number of hydrogen-bond donors (Lipinski definition) is 0. The molecule has 2 aromatic rings. The molecule has 0 N–H and O–H groups in total. The first-order chi connectivity index (χ1) is 9.70. The molecule has 100 valence electrons. The van der Waals surface area contributed by atoms with Gasteiger partial charge in [0, 0.05) is 22.6 Å². The molecule has 0 saturated carbocycles. The lowest BCUT2D eigenvalue weighted by Gasteiger charge is -2.21. The van der Waals surface area contributed by atoms with Crippen LogP contribution >= 0.6 is 23.2 Å². The molecule has 0 unspecified atom stereocenters. The average molecular weight is 305 g/mol. The number of ether oxygens (including phenoxy) is 1. The molecule has 5 heteroatoms. The molecule has 2 heterocycles. The van der Waals surface area contributed by atoms with Gasteiger partial charge in [-0.3, -0.25) is 0 Å². The van der Waals surface area contributed by atoms with Gasteiger partial charge >= 0.3 is 0 Å². The summed E-state index contributed by atoms with van der Waals surface area (Å²) in [6, 6.07) is 9.49. The van der Waals surface area contributed by atoms with Crippen molar-refractivity contribution in [1.29, 1.82) is 5.26 Å². The van der Waals surface area contributed by atoms with Gasteiger partial charge < -0.3 is 4.74 Å². The SMILES string of the molecule is N#Cc1c(Cl)nc2c(c1-c1ccc(Cl)cc1)COCC2. The summed E-state index contributed by atoms with van der Waals surface area (Å²) in [6.07, 6.45) is 0.710. The molecular formula is C15H10Cl2N2O. The van der Waals surface area contributed by atoms with Gasteiger partial charge in [0.15, 0.2) is 0 Å². The van der Waals surface area contributed by atoms with Crippen molar-refractivity contribution in [2.45, 2.75) is 13.0 Å². The standard InChI is InChI=1S/C15H10Cl2N2O/c16-10-3-1-9(2-4-10)14-11(7-18)15(17)19-13-5-6-20-8-12(13)14/h1-4H,5-6,8H2. The Morgan fingerprint density at radius 3 is 2.65 bits per heavy atom. The Hall–Kier alpha value is -1.60. The van der Waals surface area contributed by atoms with Crippen molar-refractivity contribution >= 4 is 23.2 Å². The molecule has 1 aromatic carbocycles. The van der Waals surface area contributed by atoms with Crippen LogP contribution in [0, 0.1) is 11.3 Å². The van der Waals surface area contributed by atoms with Crippen LogP contribution in [-0.4, -0.2) is 11.6 Å². The van der Waals surface area contributed by atoms with E-state index in [1.54, 1.807) is 12.1 Å². The highest BCUT2D eigenvalue weighted by molar-refractivity contribution is 6.31. The van der Waals surface area contributed by atoms with Gasteiger partial charge in [-0.05, 0) is 17.7 Å². The maximum absolute atomic E-state index is 9.38. The van der Waals surface area contributed by atoms with Crippen LogP contribution in [0.5, 0.6) is 0 Å². The zero-order chi connectivity index (χ0) is 14.1. The van der Waals surface area contributed by atoms with Gasteiger partial charge in [-0.15, -0.1) is 0 Å². The highest BCUT2D eigenvalue weighted by Crippen LogP contribution is 2.35. The summed E-state index contributed by atoms with van der Waals surface area (Å²) in [4.78, 5) is 4.33. The van der Waals surface area contributed by atoms with Gasteiger partial charge in [0.05, 0.1) is 24.5 Å². The minimum Gasteiger partial charge on any atom is -0.376 e. The van der Waals surface area contributed by atoms with Crippen molar-refractivity contribution in [1.82, 2.24) is 4.98 Å². The molecule has 0 amide bonds. The number of aromatic nitrogens is 1. The predicted octanol–water partition coefficient (Wildman–Crippen LogP) is 4.00. The third-order valence-corrected chi connectivity index (χ3v) is 3.84. The second-order valence-electron chi connectivity index (χ2n) is 4.50. The Balaban J connectivity index is 2.29. The van der Waals surface area contributed by atoms with E-state index in [1.807, 2.05) is 12.1 Å². The van der Waals surface area contributed by atoms with E-state index in [0.717, 1.165) is 22.4 Å². The fourth-order valence-corrected chi connectivity index (χ4v) is 2.75. The van der Waals surface area contributed by atoms with Crippen LogP contribution < -0.4 is 0 Å². The first kappa shape index (κ1) is 13.4. The highest BCUT2D eigenvalue weighted by atomic mass is 35.5. The minimum atomic E-state index is 0.248. The van der Waals surface area contributed by atoms with Gasteiger partial charge in [0.1, 0.15) is 11.2 Å². The van der Waals surface area contributed by atoms with Gasteiger partial charge in [0.25, 0.3) is 0 Å². The van der Waals surface area contributed by atoms with Gasteiger partial charge in [-0.1, -0.05) is 35.3 Å². The Morgan fingerprint density at radius 2 is 1.95 bits per heavy atom. The van der Waals surface area contributed by atoms with E-state index in [0.29, 0.717) is 30.2 Å². The van der Waals surface area contributed by atoms with Crippen LogP contribution in [0.25, 0.3) is 11.1 Å². The second kappa shape index (κ2) is 5.41. The van der Waals surface area contributed by atoms with Crippen molar-refractivity contribution in [2.75, 3.05) is 6.61 Å². The van der Waals surface area contributed by atoms with Gasteiger partial charge in [0.2, 0.25) is 0 Å². The summed E-state index contributed by atoms with van der Waals surface area (Å²) in [5.74, 6) is 0. The van der Waals surface area contributed by atoms with E-state index in [1.165, 1.54) is 0 Å². The Morgan fingerprint density at radius 1 is 1.20 bits per heavy atom. The maximum Gasteiger partial charge on any atom is 0.147 e. The van der Waals surface area contributed by atoms with Crippen molar-refractivity contribution in [3.63, 3.8) is 0 Å². The molecule has 0 atom stereocenters. The summed E-state index contributed by atoms with van der Waals surface area (Å²) in [5.41, 5.74) is 3.94. The molecule has 1 aromatic heterocycles. The number of pyridine rings is 1. The van der Waals surface area contributed by atoms with Gasteiger partial charge in [-0.25, -0.2) is 4.98 Å². The molecule has 1 aliphatic rings. The first-order valence-electron chi connectivity index (χ1n) is 6.15. The normalized spacial score (nSPS) is 13.7. The molecule has 3 nitrogen and oxygen atoms in total. The number of fused-ring (bicyclic) bond motifs is 1. The molecule has 0 saturated heterocycles. The highest BCUT2D eigenvalue weighted by Gasteiger charge is 2.22. The number of nitriles is 1. The summed E-state index contributed by atoms with van der Waals surface area (Å²) < 4.78 is 5.50. The van der Waals surface area contributed by atoms with Crippen LogP contribution in [0.4, 0.5) is 0 Å². The van der Waals surface area contributed by atoms with E-state index in [9.17, 15) is 5.26 Å². The Kier molecular flexibility index (Phi) is 3.62. The predicted molar refractivity (Wildman–Crippen MR) is 77.8 cm³/mol. The number of benzene rings is 1. The fraction of sp³-hybridized carbons (Fsp3) is 0.200. The molecule has 0 radical (unpaired) electrons. The van der Waals surface area contributed by atoms with Crippen LogP contribution in [0.1, 0.15) is 16.8 Å². The van der Waals surface area contributed by atoms with Crippen LogP contribution in [0.2, 0.25) is 10.2 Å². The topological polar surface area (TPSA) is 45.9 Å². The van der Waals surface area contributed by atoms with E-state index in [4.69, 9.17) is 27.9 Å². The van der Waals surface area contributed by atoms with E-state index in [2.05, 4.69) is 11.1 Å². The Labute approximate surface area is 126 Å². The number of hydrogen-bond acceptors (Lipinski definition) is 3. The smallest absolute Gasteiger partial charge is 0.147 e. The summed E-state index contributed by atoms with van der Waals surface area (Å²) >= 11 is 12.1. The van der Waals surface area contributed by atoms with Crippen LogP contribution in [0.15, 0.2) is 24.3 Å². The zero-order valence-electron chi connectivity index (χ0n) is 10.5. The third-order valence-electron chi connectivity index (χ3n) is 3.31. The molecule has 3 rings (SSSR count). The largest absolute Gasteiger partial charge is 0.376 e. The van der Waals surface area contributed by atoms with E-state index < -0.39 is 0 Å². The van der Waals surface area contributed by atoms with Crippen molar-refractivity contribution < 1.29 is 4.74 Å². The lowest BCUT2D eigenvalue weighted by atomic mass is 9.93. The average Bonchev–Trinajstić information content (AvgIpc) is 2.47. The van der Waals surface area contributed by atoms with Crippen LogP contribution in [-0.2, 0) is 17.8 Å². The fourth-order valence-electron chi connectivity index (χ4n) is 2.38. The second-order valence-corrected chi connectivity index (χ2v) is 5.29. The summed E-state index contributed by atoms with van der Waals surface area (Å²) in [6.45, 7) is 1.08. The zero-order valence-corrected chi connectivity index (χ0v) is 12.0. The van der Waals surface area contributed by atoms with Crippen molar-refractivity contribution in [3.05, 3.63) is 51.3 Å². The van der Waals surface area contributed by atoms with Crippen molar-refractivity contribution in [2.24, 2.45) is 0 Å². The van der Waals surface area contributed by atoms with E-state index in [-0.39, 0.29) is 5.15 Å². The first-order valence-corrected chi connectivity index (χ1v) is 6.91. The lowest BCUT2D eigenvalue weighted by Crippen LogP contribution is -2.14. The molecule has 0 spiro atoms. The van der Waals surface area contributed by atoms with Gasteiger partial charge in [-0.2, -0.15) is 5.26 Å². The van der Waals surface area contributed by atoms with Crippen molar-refractivity contribution in [3.8, 4) is 17.2 Å².